The van der Waals surface area contributed by atoms with E-state index in [0.29, 0.717) is 30.2 Å². The lowest BCUT2D eigenvalue weighted by Crippen LogP contribution is -2.65. The van der Waals surface area contributed by atoms with Crippen LogP contribution in [0.25, 0.3) is 0 Å². The molecule has 11 atom stereocenters. The highest BCUT2D eigenvalue weighted by atomic mass is 16.5. The molecule has 7 heteroatoms. The van der Waals surface area contributed by atoms with Gasteiger partial charge in [0.05, 0.1) is 17.6 Å². The number of pyridine rings is 1. The standard InChI is InChI=1S/C39H57N3O4/c1-7-8-9-27-17-34(46-33(27)22-41(6)29-13-15-42(21-29)35-16-25(4)12-14-40-35)38-20-30-26(5)10-11-31(30)37(23-43)19-28(38)18-32(24(2)3)39(37,38)36(44)45/h12,14,16,18,23-24,26-31,33-34H,7-11,13,15,17,19-22H2,1-6H3,(H,44,45)/t26-,27?,28?,29?,30-,31-,33?,34?,37?,38?,39?/m1/s1. The maximum atomic E-state index is 14.1. The van der Waals surface area contributed by atoms with Gasteiger partial charge in [-0.2, -0.15) is 0 Å². The Morgan fingerprint density at radius 2 is 2.07 bits per heavy atom. The van der Waals surface area contributed by atoms with E-state index in [0.717, 1.165) is 88.7 Å². The molecule has 0 radical (unpaired) electrons. The lowest BCUT2D eigenvalue weighted by atomic mass is 9.41. The van der Waals surface area contributed by atoms with Crippen molar-refractivity contribution >= 4 is 18.1 Å². The van der Waals surface area contributed by atoms with E-state index in [9.17, 15) is 14.7 Å². The van der Waals surface area contributed by atoms with Gasteiger partial charge in [0.2, 0.25) is 0 Å². The van der Waals surface area contributed by atoms with Gasteiger partial charge in [-0.3, -0.25) is 9.69 Å². The van der Waals surface area contributed by atoms with Crippen LogP contribution in [0.2, 0.25) is 0 Å². The van der Waals surface area contributed by atoms with Crippen molar-refractivity contribution in [3.05, 3.63) is 35.5 Å². The van der Waals surface area contributed by atoms with E-state index in [1.807, 2.05) is 6.20 Å². The minimum absolute atomic E-state index is 0.0692. The number of unbranched alkanes of at least 4 members (excludes halogenated alkanes) is 1. The largest absolute Gasteiger partial charge is 0.481 e. The molecule has 6 aliphatic rings. The second-order valence-electron chi connectivity index (χ2n) is 16.7. The molecule has 8 unspecified atom stereocenters. The van der Waals surface area contributed by atoms with Crippen molar-refractivity contribution in [2.24, 2.45) is 51.8 Å². The molecule has 7 rings (SSSR count). The number of fused-ring (bicyclic) bond motifs is 2. The number of aldehydes is 1. The summed E-state index contributed by atoms with van der Waals surface area (Å²) >= 11 is 0. The van der Waals surface area contributed by atoms with Gasteiger partial charge in [0.1, 0.15) is 17.5 Å². The summed E-state index contributed by atoms with van der Waals surface area (Å²) in [4.78, 5) is 37.2. The SMILES string of the molecule is CCCCC1CC(C23C[C@@H]4[C@H](C)CC[C@H]4C4(C=O)CC2C=C(C(C)C)C34C(=O)O)OC1CN(C)C1CCN(c2cc(C)ccn2)C1. The van der Waals surface area contributed by atoms with Crippen molar-refractivity contribution in [1.29, 1.82) is 0 Å². The normalized spacial score (nSPS) is 42.7. The number of hydrogen-bond acceptors (Lipinski definition) is 6. The summed E-state index contributed by atoms with van der Waals surface area (Å²) in [6, 6.07) is 4.66. The Balaban J connectivity index is 1.20. The first-order valence-corrected chi connectivity index (χ1v) is 18.5. The Bertz CT molecular complexity index is 1380. The maximum absolute atomic E-state index is 14.1. The van der Waals surface area contributed by atoms with Gasteiger partial charge in [-0.05, 0) is 106 Å². The number of aryl methyl sites for hydroxylation is 1. The second-order valence-corrected chi connectivity index (χ2v) is 16.7. The number of carbonyl (C=O) groups excluding carboxylic acids is 1. The number of nitrogens with zero attached hydrogens (tertiary/aromatic N) is 3. The third-order valence-electron chi connectivity index (χ3n) is 14.4. The van der Waals surface area contributed by atoms with Crippen molar-refractivity contribution in [3.63, 3.8) is 0 Å². The van der Waals surface area contributed by atoms with Crippen LogP contribution in [0.1, 0.15) is 91.0 Å². The van der Waals surface area contributed by atoms with E-state index in [1.165, 1.54) is 5.56 Å². The third-order valence-corrected chi connectivity index (χ3v) is 14.4. The van der Waals surface area contributed by atoms with E-state index in [4.69, 9.17) is 4.74 Å². The summed E-state index contributed by atoms with van der Waals surface area (Å²) in [6.45, 7) is 13.8. The first-order chi connectivity index (χ1) is 22.0. The molecule has 3 saturated carbocycles. The average Bonchev–Trinajstić information content (AvgIpc) is 3.84. The highest BCUT2D eigenvalue weighted by Crippen LogP contribution is 2.84. The number of hydrogen-bond donors (Lipinski definition) is 1. The summed E-state index contributed by atoms with van der Waals surface area (Å²) in [5.74, 6) is 1.93. The Labute approximate surface area is 276 Å². The average molecular weight is 632 g/mol. The smallest absolute Gasteiger partial charge is 0.315 e. The van der Waals surface area contributed by atoms with Crippen LogP contribution in [0.4, 0.5) is 5.82 Å². The van der Waals surface area contributed by atoms with Gasteiger partial charge in [0, 0.05) is 37.3 Å². The fourth-order valence-corrected chi connectivity index (χ4v) is 12.4. The van der Waals surface area contributed by atoms with E-state index in [1.54, 1.807) is 0 Å². The summed E-state index contributed by atoms with van der Waals surface area (Å²) in [5, 5.41) is 11.5. The van der Waals surface area contributed by atoms with Crippen LogP contribution in [0.5, 0.6) is 0 Å². The summed E-state index contributed by atoms with van der Waals surface area (Å²) < 4.78 is 7.37. The summed E-state index contributed by atoms with van der Waals surface area (Å²) in [6.07, 6.45) is 14.4. The fourth-order valence-electron chi connectivity index (χ4n) is 12.4. The molecular formula is C39H57N3O4. The van der Waals surface area contributed by atoms with E-state index in [-0.39, 0.29) is 30.0 Å². The van der Waals surface area contributed by atoms with Crippen molar-refractivity contribution in [3.8, 4) is 0 Å². The predicted molar refractivity (Wildman–Crippen MR) is 181 cm³/mol. The molecule has 3 heterocycles. The summed E-state index contributed by atoms with van der Waals surface area (Å²) in [7, 11) is 2.25. The van der Waals surface area contributed by atoms with Crippen LogP contribution in [-0.2, 0) is 14.3 Å². The van der Waals surface area contributed by atoms with Gasteiger partial charge in [-0.15, -0.1) is 0 Å². The molecule has 252 valence electrons. The number of carboxylic acid groups (broad SMARTS) is 1. The Hall–Kier alpha value is -2.25. The first-order valence-electron chi connectivity index (χ1n) is 18.5. The Morgan fingerprint density at radius 3 is 2.76 bits per heavy atom. The molecule has 5 fully saturated rings. The molecule has 7 nitrogen and oxygen atoms in total. The number of rotatable bonds is 11. The van der Waals surface area contributed by atoms with Gasteiger partial charge in [0.25, 0.3) is 0 Å². The number of aromatic nitrogens is 1. The van der Waals surface area contributed by atoms with Crippen molar-refractivity contribution in [2.45, 2.75) is 111 Å². The molecule has 0 amide bonds. The van der Waals surface area contributed by atoms with Crippen molar-refractivity contribution in [1.82, 2.24) is 9.88 Å². The number of ether oxygens (including phenoxy) is 1. The number of carbonyl (C=O) groups is 2. The van der Waals surface area contributed by atoms with Crippen molar-refractivity contribution < 1.29 is 19.4 Å². The highest BCUT2D eigenvalue weighted by molar-refractivity contribution is 5.90. The number of allylic oxidation sites excluding steroid dienone is 1. The van der Waals surface area contributed by atoms with Crippen LogP contribution in [0.3, 0.4) is 0 Å². The summed E-state index contributed by atoms with van der Waals surface area (Å²) in [5.41, 5.74) is -0.302. The van der Waals surface area contributed by atoms with E-state index in [2.05, 4.69) is 74.7 Å². The molecule has 1 aromatic heterocycles. The first kappa shape index (κ1) is 32.3. The molecular weight excluding hydrogens is 574 g/mol. The van der Waals surface area contributed by atoms with Crippen LogP contribution in [-0.4, -0.2) is 72.2 Å². The molecule has 1 N–H and O–H groups in total. The molecule has 0 spiro atoms. The maximum Gasteiger partial charge on any atom is 0.315 e. The van der Waals surface area contributed by atoms with Crippen LogP contribution >= 0.6 is 0 Å². The molecule has 1 aromatic rings. The van der Waals surface area contributed by atoms with Gasteiger partial charge >= 0.3 is 5.97 Å². The van der Waals surface area contributed by atoms with E-state index < -0.39 is 22.2 Å². The lowest BCUT2D eigenvalue weighted by molar-refractivity contribution is -0.197. The Morgan fingerprint density at radius 1 is 1.26 bits per heavy atom. The van der Waals surface area contributed by atoms with Gasteiger partial charge in [-0.25, -0.2) is 4.98 Å². The monoisotopic (exact) mass is 631 g/mol. The van der Waals surface area contributed by atoms with E-state index >= 15 is 0 Å². The van der Waals surface area contributed by atoms with Crippen LogP contribution in [0.15, 0.2) is 30.0 Å². The zero-order valence-electron chi connectivity index (χ0n) is 29.1. The number of carboxylic acids is 1. The third kappa shape index (κ3) is 4.32. The van der Waals surface area contributed by atoms with Gasteiger partial charge in [-0.1, -0.05) is 58.6 Å². The quantitative estimate of drug-likeness (QED) is 0.213. The molecule has 4 aliphatic carbocycles. The number of likely N-dealkylation sites (N-methyl/N-ethyl adjacent to an activating group) is 1. The Kier molecular flexibility index (Phi) is 8.23. The van der Waals surface area contributed by atoms with Crippen LogP contribution in [0, 0.1) is 58.7 Å². The minimum Gasteiger partial charge on any atom is -0.481 e. The molecule has 2 saturated heterocycles. The molecule has 4 bridgehead atoms. The van der Waals surface area contributed by atoms with Crippen LogP contribution < -0.4 is 4.90 Å². The highest BCUT2D eigenvalue weighted by Gasteiger charge is 2.86. The predicted octanol–water partition coefficient (Wildman–Crippen LogP) is 6.79. The zero-order chi connectivity index (χ0) is 32.6. The van der Waals surface area contributed by atoms with Gasteiger partial charge in [0.15, 0.2) is 0 Å². The molecule has 2 aliphatic heterocycles. The van der Waals surface area contributed by atoms with Gasteiger partial charge < -0.3 is 19.5 Å². The number of anilines is 1. The van der Waals surface area contributed by atoms with Crippen molar-refractivity contribution in [2.75, 3.05) is 31.6 Å². The molecule has 0 aromatic carbocycles. The lowest BCUT2D eigenvalue weighted by Gasteiger charge is -2.60. The fraction of sp³-hybridized carbons (Fsp3) is 0.769. The minimum atomic E-state index is -1.17. The number of aliphatic carboxylic acids is 1. The second kappa shape index (κ2) is 11.7. The molecule has 46 heavy (non-hydrogen) atoms. The topological polar surface area (TPSA) is 83.0 Å². The zero-order valence-corrected chi connectivity index (χ0v) is 29.1.